The summed E-state index contributed by atoms with van der Waals surface area (Å²) >= 11 is 1.17. The van der Waals surface area contributed by atoms with Crippen LogP contribution in [0.3, 0.4) is 0 Å². The number of hydrogen-bond donors (Lipinski definition) is 2. The second-order valence-corrected chi connectivity index (χ2v) is 5.10. The molecule has 0 fully saturated rings. The summed E-state index contributed by atoms with van der Waals surface area (Å²) in [4.78, 5) is 23.1. The lowest BCUT2D eigenvalue weighted by molar-refractivity contribution is -0.142. The van der Waals surface area contributed by atoms with Gasteiger partial charge in [0.1, 0.15) is 11.8 Å². The molecule has 1 rings (SSSR count). The van der Waals surface area contributed by atoms with Gasteiger partial charge in [0, 0.05) is 11.3 Å². The van der Waals surface area contributed by atoms with Crippen LogP contribution in [0.5, 0.6) is 5.75 Å². The molecule has 0 bridgehead atoms. The fourth-order valence-electron chi connectivity index (χ4n) is 1.46. The molecule has 1 unspecified atom stereocenters. The molecule has 0 spiro atoms. The van der Waals surface area contributed by atoms with Crippen molar-refractivity contribution in [3.05, 3.63) is 24.3 Å². The summed E-state index contributed by atoms with van der Waals surface area (Å²) in [6.45, 7) is 0. The van der Waals surface area contributed by atoms with Crippen LogP contribution >= 0.6 is 11.8 Å². The third-order valence-electron chi connectivity index (χ3n) is 2.48. The number of alkyl halides is 2. The molecule has 0 saturated carbocycles. The third kappa shape index (κ3) is 6.44. The highest BCUT2D eigenvalue weighted by atomic mass is 32.2. The van der Waals surface area contributed by atoms with Crippen LogP contribution in [-0.2, 0) is 9.59 Å². The number of benzene rings is 1. The van der Waals surface area contributed by atoms with Gasteiger partial charge in [-0.3, -0.25) is 4.79 Å². The molecule has 116 valence electrons. The highest BCUT2D eigenvalue weighted by Crippen LogP contribution is 2.21. The number of aliphatic carboxylic acids is 1. The Labute approximate surface area is 124 Å². The molecule has 0 radical (unpaired) electrons. The molecule has 8 heteroatoms. The zero-order valence-corrected chi connectivity index (χ0v) is 12.0. The fraction of sp³-hybridized carbons (Fsp3) is 0.385. The van der Waals surface area contributed by atoms with Crippen LogP contribution in [0.25, 0.3) is 0 Å². The molecule has 2 N–H and O–H groups in total. The number of methoxy groups -OCH3 is 1. The Bertz CT molecular complexity index is 482. The van der Waals surface area contributed by atoms with Gasteiger partial charge < -0.3 is 15.2 Å². The zero-order valence-electron chi connectivity index (χ0n) is 11.2. The SMILES string of the molecule is COc1ccc(SCC(=O)NC(CC(F)F)C(=O)O)cc1. The first-order valence-electron chi connectivity index (χ1n) is 5.99. The zero-order chi connectivity index (χ0) is 15.8. The summed E-state index contributed by atoms with van der Waals surface area (Å²) in [7, 11) is 1.53. The molecule has 1 atom stereocenters. The Morgan fingerprint density at radius 2 is 1.95 bits per heavy atom. The van der Waals surface area contributed by atoms with Crippen LogP contribution in [0.4, 0.5) is 8.78 Å². The van der Waals surface area contributed by atoms with Gasteiger partial charge in [0.2, 0.25) is 12.3 Å². The predicted octanol–water partition coefficient (Wildman–Crippen LogP) is 2.01. The Morgan fingerprint density at radius 3 is 2.43 bits per heavy atom. The van der Waals surface area contributed by atoms with Crippen LogP contribution < -0.4 is 10.1 Å². The number of carbonyl (C=O) groups is 2. The maximum Gasteiger partial charge on any atom is 0.326 e. The number of carbonyl (C=O) groups excluding carboxylic acids is 1. The Morgan fingerprint density at radius 1 is 1.33 bits per heavy atom. The van der Waals surface area contributed by atoms with Gasteiger partial charge in [-0.25, -0.2) is 13.6 Å². The van der Waals surface area contributed by atoms with Crippen LogP contribution in [0.1, 0.15) is 6.42 Å². The lowest BCUT2D eigenvalue weighted by atomic mass is 10.2. The first-order chi connectivity index (χ1) is 9.92. The van der Waals surface area contributed by atoms with Gasteiger partial charge in [0.05, 0.1) is 12.9 Å². The van der Waals surface area contributed by atoms with Gasteiger partial charge in [-0.2, -0.15) is 0 Å². The minimum atomic E-state index is -2.79. The van der Waals surface area contributed by atoms with E-state index < -0.39 is 30.8 Å². The molecule has 1 aromatic carbocycles. The number of rotatable bonds is 8. The van der Waals surface area contributed by atoms with Crippen molar-refractivity contribution in [2.45, 2.75) is 23.8 Å². The van der Waals surface area contributed by atoms with Gasteiger partial charge in [-0.1, -0.05) is 0 Å². The summed E-state index contributed by atoms with van der Waals surface area (Å²) in [5.74, 6) is -1.46. The van der Waals surface area contributed by atoms with Crippen molar-refractivity contribution >= 4 is 23.6 Å². The van der Waals surface area contributed by atoms with Gasteiger partial charge in [0.25, 0.3) is 0 Å². The molecule has 0 aliphatic rings. The first-order valence-corrected chi connectivity index (χ1v) is 6.98. The Kier molecular flexibility index (Phi) is 6.93. The number of nitrogens with one attached hydrogen (secondary N) is 1. The van der Waals surface area contributed by atoms with Crippen LogP contribution in [0, 0.1) is 0 Å². The normalized spacial score (nSPS) is 12.0. The molecule has 0 aromatic heterocycles. The van der Waals surface area contributed by atoms with Crippen molar-refractivity contribution in [2.75, 3.05) is 12.9 Å². The minimum Gasteiger partial charge on any atom is -0.497 e. The first kappa shape index (κ1) is 17.2. The van der Waals surface area contributed by atoms with Crippen LogP contribution in [0.2, 0.25) is 0 Å². The smallest absolute Gasteiger partial charge is 0.326 e. The molecular weight excluding hydrogens is 304 g/mol. The van der Waals surface area contributed by atoms with Gasteiger partial charge in [0.15, 0.2) is 0 Å². The summed E-state index contributed by atoms with van der Waals surface area (Å²) < 4.78 is 29.4. The molecule has 0 aliphatic carbocycles. The van der Waals surface area contributed by atoms with E-state index in [1.54, 1.807) is 24.3 Å². The molecule has 0 saturated heterocycles. The van der Waals surface area contributed by atoms with Crippen molar-refractivity contribution < 1.29 is 28.2 Å². The number of amides is 1. The van der Waals surface area contributed by atoms with Gasteiger partial charge in [-0.15, -0.1) is 11.8 Å². The van der Waals surface area contributed by atoms with Crippen LogP contribution in [-0.4, -0.2) is 42.3 Å². The topological polar surface area (TPSA) is 75.6 Å². The average molecular weight is 319 g/mol. The molecule has 0 heterocycles. The molecule has 1 amide bonds. The van der Waals surface area contributed by atoms with Gasteiger partial charge >= 0.3 is 5.97 Å². The van der Waals surface area contributed by atoms with E-state index in [4.69, 9.17) is 9.84 Å². The van der Waals surface area contributed by atoms with E-state index in [2.05, 4.69) is 5.32 Å². The number of hydrogen-bond acceptors (Lipinski definition) is 4. The number of thioether (sulfide) groups is 1. The molecule has 0 aliphatic heterocycles. The van der Waals surface area contributed by atoms with Crippen LogP contribution in [0.15, 0.2) is 29.2 Å². The monoisotopic (exact) mass is 319 g/mol. The second kappa shape index (κ2) is 8.46. The number of ether oxygens (including phenoxy) is 1. The Balaban J connectivity index is 2.46. The number of carboxylic acids is 1. The van der Waals surface area contributed by atoms with E-state index in [9.17, 15) is 18.4 Å². The quantitative estimate of drug-likeness (QED) is 0.717. The van der Waals surface area contributed by atoms with E-state index in [0.717, 1.165) is 4.90 Å². The lowest BCUT2D eigenvalue weighted by Gasteiger charge is -2.13. The van der Waals surface area contributed by atoms with Crippen molar-refractivity contribution in [2.24, 2.45) is 0 Å². The summed E-state index contributed by atoms with van der Waals surface area (Å²) in [5.41, 5.74) is 0. The maximum atomic E-state index is 12.2. The maximum absolute atomic E-state index is 12.2. The van der Waals surface area contributed by atoms with E-state index >= 15 is 0 Å². The van der Waals surface area contributed by atoms with Crippen molar-refractivity contribution in [3.8, 4) is 5.75 Å². The predicted molar refractivity (Wildman–Crippen MR) is 73.9 cm³/mol. The van der Waals surface area contributed by atoms with E-state index in [-0.39, 0.29) is 5.75 Å². The van der Waals surface area contributed by atoms with Gasteiger partial charge in [-0.05, 0) is 24.3 Å². The summed E-state index contributed by atoms with van der Waals surface area (Å²) in [6, 6.07) is 5.35. The van der Waals surface area contributed by atoms with E-state index in [0.29, 0.717) is 5.75 Å². The average Bonchev–Trinajstić information content (AvgIpc) is 2.44. The highest BCUT2D eigenvalue weighted by molar-refractivity contribution is 8.00. The molecule has 21 heavy (non-hydrogen) atoms. The van der Waals surface area contributed by atoms with Crippen molar-refractivity contribution in [1.82, 2.24) is 5.32 Å². The number of carboxylic acid groups (broad SMARTS) is 1. The minimum absolute atomic E-state index is 0.0562. The molecule has 5 nitrogen and oxygen atoms in total. The molecular formula is C13H15F2NO4S. The van der Waals surface area contributed by atoms with E-state index in [1.165, 1.54) is 18.9 Å². The van der Waals surface area contributed by atoms with E-state index in [1.807, 2.05) is 0 Å². The number of halogens is 2. The standard InChI is InChI=1S/C13H15F2NO4S/c1-20-8-2-4-9(5-3-8)21-7-12(17)16-10(13(18)19)6-11(14)15/h2-5,10-11H,6-7H2,1H3,(H,16,17)(H,18,19). The van der Waals surface area contributed by atoms with Crippen molar-refractivity contribution in [1.29, 1.82) is 0 Å². The lowest BCUT2D eigenvalue weighted by Crippen LogP contribution is -2.42. The Hall–Kier alpha value is -1.83. The largest absolute Gasteiger partial charge is 0.497 e. The summed E-state index contributed by atoms with van der Waals surface area (Å²) in [6.07, 6.45) is -3.70. The second-order valence-electron chi connectivity index (χ2n) is 4.05. The highest BCUT2D eigenvalue weighted by Gasteiger charge is 2.23. The summed E-state index contributed by atoms with van der Waals surface area (Å²) in [5, 5.41) is 10.8. The third-order valence-corrected chi connectivity index (χ3v) is 3.49. The fourth-order valence-corrected chi connectivity index (χ4v) is 2.17. The molecule has 1 aromatic rings. The van der Waals surface area contributed by atoms with Crippen molar-refractivity contribution in [3.63, 3.8) is 0 Å².